The zero-order chi connectivity index (χ0) is 10.6. The molecular weight excluding hydrogens is 170 g/mol. The van der Waals surface area contributed by atoms with Gasteiger partial charge in [0.25, 0.3) is 0 Å². The maximum atomic E-state index is 4.43. The molecule has 1 heteroatoms. The highest BCUT2D eigenvalue weighted by Crippen LogP contribution is 2.32. The van der Waals surface area contributed by atoms with Gasteiger partial charge in [-0.05, 0) is 30.4 Å². The first kappa shape index (κ1) is 11.2. The topological polar surface area (TPSA) is 12.9 Å². The molecule has 0 amide bonds. The Balaban J connectivity index is 2.73. The molecule has 0 N–H and O–H groups in total. The second kappa shape index (κ2) is 4.59. The minimum atomic E-state index is 0.387. The van der Waals surface area contributed by atoms with Crippen LogP contribution in [0.2, 0.25) is 0 Å². The third-order valence-electron chi connectivity index (χ3n) is 2.46. The molecule has 1 heterocycles. The largest absolute Gasteiger partial charge is 0.261 e. The molecule has 0 spiro atoms. The number of hydrogen-bond acceptors (Lipinski definition) is 1. The van der Waals surface area contributed by atoms with Crippen molar-refractivity contribution in [3.05, 3.63) is 30.1 Å². The minimum Gasteiger partial charge on any atom is -0.261 e. The van der Waals surface area contributed by atoms with Crippen molar-refractivity contribution in [3.8, 4) is 0 Å². The molecule has 78 valence electrons. The van der Waals surface area contributed by atoms with Gasteiger partial charge in [0.05, 0.1) is 0 Å². The highest BCUT2D eigenvalue weighted by atomic mass is 14.7. The zero-order valence-electron chi connectivity index (χ0n) is 9.75. The summed E-state index contributed by atoms with van der Waals surface area (Å²) < 4.78 is 0. The summed E-state index contributed by atoms with van der Waals surface area (Å²) in [6.07, 6.45) is 4.27. The van der Waals surface area contributed by atoms with Gasteiger partial charge in [-0.3, -0.25) is 4.98 Å². The van der Waals surface area contributed by atoms with Crippen molar-refractivity contribution in [2.75, 3.05) is 0 Å². The van der Waals surface area contributed by atoms with Crippen LogP contribution in [0.5, 0.6) is 0 Å². The third kappa shape index (κ3) is 3.49. The predicted molar refractivity (Wildman–Crippen MR) is 61.3 cm³/mol. The molecule has 1 unspecified atom stereocenters. The molecule has 0 saturated heterocycles. The van der Waals surface area contributed by atoms with Gasteiger partial charge < -0.3 is 0 Å². The lowest BCUT2D eigenvalue weighted by Gasteiger charge is -2.24. The standard InChI is InChI=1S/C13H21N/c1-5-11(10-13(2,3)4)12-8-6-7-9-14-12/h6-9,11H,5,10H2,1-4H3. The highest BCUT2D eigenvalue weighted by Gasteiger charge is 2.19. The van der Waals surface area contributed by atoms with Gasteiger partial charge in [0.1, 0.15) is 0 Å². The molecule has 0 aliphatic heterocycles. The van der Waals surface area contributed by atoms with E-state index in [-0.39, 0.29) is 0 Å². The Bertz CT molecular complexity index is 258. The number of hydrogen-bond donors (Lipinski definition) is 0. The molecule has 0 aliphatic rings. The van der Waals surface area contributed by atoms with E-state index in [0.717, 1.165) is 0 Å². The molecule has 1 nitrogen and oxygen atoms in total. The van der Waals surface area contributed by atoms with E-state index in [2.05, 4.69) is 44.8 Å². The Morgan fingerprint density at radius 1 is 1.29 bits per heavy atom. The highest BCUT2D eigenvalue weighted by molar-refractivity contribution is 5.09. The van der Waals surface area contributed by atoms with E-state index < -0.39 is 0 Å². The Morgan fingerprint density at radius 2 is 2.00 bits per heavy atom. The second-order valence-electron chi connectivity index (χ2n) is 5.12. The molecule has 1 atom stereocenters. The molecule has 0 saturated carbocycles. The van der Waals surface area contributed by atoms with Gasteiger partial charge in [0.15, 0.2) is 0 Å². The van der Waals surface area contributed by atoms with Crippen molar-refractivity contribution in [2.24, 2.45) is 5.41 Å². The molecule has 0 aromatic carbocycles. The average molecular weight is 191 g/mol. The first-order valence-corrected chi connectivity index (χ1v) is 5.44. The summed E-state index contributed by atoms with van der Waals surface area (Å²) >= 11 is 0. The summed E-state index contributed by atoms with van der Waals surface area (Å²) in [4.78, 5) is 4.43. The number of rotatable bonds is 3. The maximum absolute atomic E-state index is 4.43. The number of nitrogens with zero attached hydrogens (tertiary/aromatic N) is 1. The van der Waals surface area contributed by atoms with Crippen molar-refractivity contribution in [3.63, 3.8) is 0 Å². The lowest BCUT2D eigenvalue weighted by Crippen LogP contribution is -2.12. The predicted octanol–water partition coefficient (Wildman–Crippen LogP) is 4.01. The molecular formula is C13H21N. The van der Waals surface area contributed by atoms with Crippen molar-refractivity contribution < 1.29 is 0 Å². The van der Waals surface area contributed by atoms with E-state index >= 15 is 0 Å². The molecule has 1 rings (SSSR count). The van der Waals surface area contributed by atoms with Crippen LogP contribution in [0.1, 0.15) is 52.1 Å². The zero-order valence-corrected chi connectivity index (χ0v) is 9.75. The van der Waals surface area contributed by atoms with Gasteiger partial charge in [0.2, 0.25) is 0 Å². The van der Waals surface area contributed by atoms with Gasteiger partial charge in [-0.2, -0.15) is 0 Å². The van der Waals surface area contributed by atoms with Crippen LogP contribution in [0.25, 0.3) is 0 Å². The van der Waals surface area contributed by atoms with Crippen molar-refractivity contribution >= 4 is 0 Å². The first-order valence-electron chi connectivity index (χ1n) is 5.44. The Hall–Kier alpha value is -0.850. The molecule has 1 aromatic heterocycles. The van der Waals surface area contributed by atoms with E-state index in [9.17, 15) is 0 Å². The van der Waals surface area contributed by atoms with Gasteiger partial charge in [-0.25, -0.2) is 0 Å². The van der Waals surface area contributed by atoms with Crippen molar-refractivity contribution in [2.45, 2.75) is 46.5 Å². The SMILES string of the molecule is CCC(CC(C)(C)C)c1ccccn1. The minimum absolute atomic E-state index is 0.387. The maximum Gasteiger partial charge on any atom is 0.0434 e. The first-order chi connectivity index (χ1) is 6.53. The van der Waals surface area contributed by atoms with Crippen LogP contribution in [-0.4, -0.2) is 4.98 Å². The van der Waals surface area contributed by atoms with Gasteiger partial charge in [-0.15, -0.1) is 0 Å². The van der Waals surface area contributed by atoms with Crippen LogP contribution in [-0.2, 0) is 0 Å². The van der Waals surface area contributed by atoms with Crippen molar-refractivity contribution in [1.29, 1.82) is 0 Å². The van der Waals surface area contributed by atoms with Crippen LogP contribution >= 0.6 is 0 Å². The lowest BCUT2D eigenvalue weighted by atomic mass is 9.82. The molecule has 0 bridgehead atoms. The molecule has 14 heavy (non-hydrogen) atoms. The van der Waals surface area contributed by atoms with E-state index in [4.69, 9.17) is 0 Å². The number of pyridine rings is 1. The Morgan fingerprint density at radius 3 is 2.43 bits per heavy atom. The van der Waals surface area contributed by atoms with E-state index in [1.807, 2.05) is 12.3 Å². The van der Waals surface area contributed by atoms with Crippen LogP contribution in [0.3, 0.4) is 0 Å². The summed E-state index contributed by atoms with van der Waals surface area (Å²) in [6, 6.07) is 6.20. The molecule has 0 aliphatic carbocycles. The van der Waals surface area contributed by atoms with Crippen LogP contribution < -0.4 is 0 Å². The summed E-state index contributed by atoms with van der Waals surface area (Å²) in [5.74, 6) is 0.608. The summed E-state index contributed by atoms with van der Waals surface area (Å²) in [6.45, 7) is 9.11. The summed E-state index contributed by atoms with van der Waals surface area (Å²) in [7, 11) is 0. The fourth-order valence-electron chi connectivity index (χ4n) is 1.81. The smallest absolute Gasteiger partial charge is 0.0434 e. The van der Waals surface area contributed by atoms with Gasteiger partial charge in [0, 0.05) is 17.8 Å². The normalized spacial score (nSPS) is 14.0. The van der Waals surface area contributed by atoms with E-state index in [1.165, 1.54) is 18.5 Å². The lowest BCUT2D eigenvalue weighted by molar-refractivity contribution is 0.332. The Labute approximate surface area is 87.6 Å². The van der Waals surface area contributed by atoms with Gasteiger partial charge in [-0.1, -0.05) is 33.8 Å². The van der Waals surface area contributed by atoms with Crippen LogP contribution in [0, 0.1) is 5.41 Å². The van der Waals surface area contributed by atoms with E-state index in [1.54, 1.807) is 0 Å². The fraction of sp³-hybridized carbons (Fsp3) is 0.615. The number of aromatic nitrogens is 1. The third-order valence-corrected chi connectivity index (χ3v) is 2.46. The molecule has 0 fully saturated rings. The summed E-state index contributed by atoms with van der Waals surface area (Å²) in [5, 5.41) is 0. The van der Waals surface area contributed by atoms with E-state index in [0.29, 0.717) is 11.3 Å². The summed E-state index contributed by atoms with van der Waals surface area (Å²) in [5.41, 5.74) is 1.63. The van der Waals surface area contributed by atoms with Crippen molar-refractivity contribution in [1.82, 2.24) is 4.98 Å². The molecule has 0 radical (unpaired) electrons. The van der Waals surface area contributed by atoms with Gasteiger partial charge >= 0.3 is 0 Å². The Kier molecular flexibility index (Phi) is 3.68. The average Bonchev–Trinajstić information content (AvgIpc) is 2.14. The fourth-order valence-corrected chi connectivity index (χ4v) is 1.81. The monoisotopic (exact) mass is 191 g/mol. The van der Waals surface area contributed by atoms with Crippen LogP contribution in [0.4, 0.5) is 0 Å². The quantitative estimate of drug-likeness (QED) is 0.703. The second-order valence-corrected chi connectivity index (χ2v) is 5.12. The molecule has 1 aromatic rings. The van der Waals surface area contributed by atoms with Crippen LogP contribution in [0.15, 0.2) is 24.4 Å².